The maximum absolute atomic E-state index is 12.2. The standard InChI is InChI=1S/C15H24N2O3/c1-6-16-15(3,4)14(18)17-11-8-9-12(20-7-2)13(10-11)19-5/h8-10,16H,6-7H2,1-5H3,(H,17,18). The molecule has 0 aliphatic rings. The van der Waals surface area contributed by atoms with Gasteiger partial charge in [0, 0.05) is 11.8 Å². The van der Waals surface area contributed by atoms with Gasteiger partial charge in [0.05, 0.1) is 19.3 Å². The number of hydrogen-bond acceptors (Lipinski definition) is 4. The number of amides is 1. The Bertz CT molecular complexity index is 458. The van der Waals surface area contributed by atoms with Crippen molar-refractivity contribution in [3.63, 3.8) is 0 Å². The fraction of sp³-hybridized carbons (Fsp3) is 0.533. The third-order valence-electron chi connectivity index (χ3n) is 2.91. The van der Waals surface area contributed by atoms with Gasteiger partial charge in [0.15, 0.2) is 11.5 Å². The van der Waals surface area contributed by atoms with Gasteiger partial charge in [0.2, 0.25) is 5.91 Å². The van der Waals surface area contributed by atoms with Crippen LogP contribution in [-0.4, -0.2) is 31.7 Å². The third-order valence-corrected chi connectivity index (χ3v) is 2.91. The summed E-state index contributed by atoms with van der Waals surface area (Å²) in [6.07, 6.45) is 0. The minimum absolute atomic E-state index is 0.0921. The highest BCUT2D eigenvalue weighted by molar-refractivity contribution is 5.97. The van der Waals surface area contributed by atoms with Gasteiger partial charge in [-0.05, 0) is 39.4 Å². The molecule has 0 fully saturated rings. The van der Waals surface area contributed by atoms with Gasteiger partial charge in [-0.3, -0.25) is 4.79 Å². The molecule has 0 heterocycles. The molecule has 0 atom stereocenters. The van der Waals surface area contributed by atoms with Crippen LogP contribution in [0.4, 0.5) is 5.69 Å². The van der Waals surface area contributed by atoms with E-state index in [-0.39, 0.29) is 5.91 Å². The van der Waals surface area contributed by atoms with E-state index in [2.05, 4.69) is 10.6 Å². The zero-order valence-electron chi connectivity index (χ0n) is 12.9. The molecule has 0 radical (unpaired) electrons. The third kappa shape index (κ3) is 4.13. The largest absolute Gasteiger partial charge is 0.493 e. The molecule has 0 saturated heterocycles. The van der Waals surface area contributed by atoms with Crippen molar-refractivity contribution < 1.29 is 14.3 Å². The fourth-order valence-electron chi connectivity index (χ4n) is 1.83. The Balaban J connectivity index is 2.85. The van der Waals surface area contributed by atoms with Crippen molar-refractivity contribution >= 4 is 11.6 Å². The summed E-state index contributed by atoms with van der Waals surface area (Å²) < 4.78 is 10.7. The van der Waals surface area contributed by atoms with E-state index in [0.717, 1.165) is 6.54 Å². The molecule has 1 rings (SSSR count). The second-order valence-electron chi connectivity index (χ2n) is 4.91. The zero-order valence-corrected chi connectivity index (χ0v) is 12.9. The topological polar surface area (TPSA) is 59.6 Å². The molecule has 112 valence electrons. The molecule has 1 amide bonds. The highest BCUT2D eigenvalue weighted by Gasteiger charge is 2.26. The molecule has 0 aliphatic heterocycles. The average Bonchev–Trinajstić information content (AvgIpc) is 2.40. The number of carbonyl (C=O) groups excluding carboxylic acids is 1. The van der Waals surface area contributed by atoms with Crippen molar-refractivity contribution in [3.05, 3.63) is 18.2 Å². The summed E-state index contributed by atoms with van der Waals surface area (Å²) in [6, 6.07) is 5.34. The number of carbonyl (C=O) groups is 1. The van der Waals surface area contributed by atoms with Crippen LogP contribution in [0, 0.1) is 0 Å². The molecule has 0 aliphatic carbocycles. The van der Waals surface area contributed by atoms with E-state index in [1.807, 2.05) is 27.7 Å². The molecule has 1 aromatic rings. The Morgan fingerprint density at radius 2 is 1.95 bits per heavy atom. The highest BCUT2D eigenvalue weighted by atomic mass is 16.5. The van der Waals surface area contributed by atoms with Crippen LogP contribution in [-0.2, 0) is 4.79 Å². The van der Waals surface area contributed by atoms with Crippen LogP contribution >= 0.6 is 0 Å². The molecule has 5 heteroatoms. The summed E-state index contributed by atoms with van der Waals surface area (Å²) in [7, 11) is 1.58. The summed E-state index contributed by atoms with van der Waals surface area (Å²) in [6.45, 7) is 8.86. The Labute approximate surface area is 120 Å². The van der Waals surface area contributed by atoms with Crippen molar-refractivity contribution in [2.75, 3.05) is 25.6 Å². The van der Waals surface area contributed by atoms with E-state index < -0.39 is 5.54 Å². The van der Waals surface area contributed by atoms with E-state index in [9.17, 15) is 4.79 Å². The van der Waals surface area contributed by atoms with Crippen molar-refractivity contribution in [1.82, 2.24) is 5.32 Å². The van der Waals surface area contributed by atoms with Gasteiger partial charge in [-0.15, -0.1) is 0 Å². The van der Waals surface area contributed by atoms with Crippen LogP contribution in [0.2, 0.25) is 0 Å². The van der Waals surface area contributed by atoms with E-state index in [0.29, 0.717) is 23.8 Å². The first kappa shape index (κ1) is 16.3. The van der Waals surface area contributed by atoms with Gasteiger partial charge in [-0.2, -0.15) is 0 Å². The molecule has 1 aromatic carbocycles. The van der Waals surface area contributed by atoms with Crippen molar-refractivity contribution in [1.29, 1.82) is 0 Å². The lowest BCUT2D eigenvalue weighted by Gasteiger charge is -2.24. The second kappa shape index (κ2) is 7.14. The number of hydrogen-bond donors (Lipinski definition) is 2. The van der Waals surface area contributed by atoms with Crippen LogP contribution in [0.5, 0.6) is 11.5 Å². The first-order valence-electron chi connectivity index (χ1n) is 6.82. The van der Waals surface area contributed by atoms with Crippen molar-refractivity contribution in [2.24, 2.45) is 0 Å². The minimum Gasteiger partial charge on any atom is -0.493 e. The van der Waals surface area contributed by atoms with Crippen LogP contribution in [0.1, 0.15) is 27.7 Å². The molecular weight excluding hydrogens is 256 g/mol. The lowest BCUT2D eigenvalue weighted by Crippen LogP contribution is -2.49. The van der Waals surface area contributed by atoms with E-state index in [1.54, 1.807) is 25.3 Å². The lowest BCUT2D eigenvalue weighted by atomic mass is 10.0. The number of anilines is 1. The van der Waals surface area contributed by atoms with Gasteiger partial charge < -0.3 is 20.1 Å². The smallest absolute Gasteiger partial charge is 0.244 e. The number of nitrogens with one attached hydrogen (secondary N) is 2. The van der Waals surface area contributed by atoms with Gasteiger partial charge in [0.25, 0.3) is 0 Å². The number of rotatable bonds is 7. The normalized spacial score (nSPS) is 11.1. The first-order chi connectivity index (χ1) is 9.44. The van der Waals surface area contributed by atoms with Crippen LogP contribution < -0.4 is 20.1 Å². The average molecular weight is 280 g/mol. The molecule has 0 spiro atoms. The Morgan fingerprint density at radius 3 is 2.50 bits per heavy atom. The van der Waals surface area contributed by atoms with E-state index in [1.165, 1.54) is 0 Å². The van der Waals surface area contributed by atoms with Crippen LogP contribution in [0.3, 0.4) is 0 Å². The zero-order chi connectivity index (χ0) is 15.2. The van der Waals surface area contributed by atoms with Gasteiger partial charge in [0.1, 0.15) is 0 Å². The summed E-state index contributed by atoms with van der Waals surface area (Å²) in [5.74, 6) is 1.18. The Kier molecular flexibility index (Phi) is 5.82. The van der Waals surface area contributed by atoms with Gasteiger partial charge >= 0.3 is 0 Å². The Hall–Kier alpha value is -1.75. The lowest BCUT2D eigenvalue weighted by molar-refractivity contribution is -0.121. The molecule has 0 saturated carbocycles. The first-order valence-corrected chi connectivity index (χ1v) is 6.82. The van der Waals surface area contributed by atoms with Gasteiger partial charge in [-0.1, -0.05) is 6.92 Å². The number of benzene rings is 1. The van der Waals surface area contributed by atoms with Crippen LogP contribution in [0.25, 0.3) is 0 Å². The summed E-state index contributed by atoms with van der Waals surface area (Å²) in [5, 5.41) is 6.01. The predicted molar refractivity (Wildman–Crippen MR) is 80.5 cm³/mol. The number of ether oxygens (including phenoxy) is 2. The summed E-state index contributed by atoms with van der Waals surface area (Å²) in [4.78, 5) is 12.2. The SMILES string of the molecule is CCNC(C)(C)C(=O)Nc1ccc(OCC)c(OC)c1. The molecule has 2 N–H and O–H groups in total. The quantitative estimate of drug-likeness (QED) is 0.805. The van der Waals surface area contributed by atoms with Crippen molar-refractivity contribution in [2.45, 2.75) is 33.2 Å². The highest BCUT2D eigenvalue weighted by Crippen LogP contribution is 2.30. The monoisotopic (exact) mass is 280 g/mol. The molecule has 0 bridgehead atoms. The fourth-order valence-corrected chi connectivity index (χ4v) is 1.83. The Morgan fingerprint density at radius 1 is 1.25 bits per heavy atom. The van der Waals surface area contributed by atoms with Crippen molar-refractivity contribution in [3.8, 4) is 11.5 Å². The molecular formula is C15H24N2O3. The van der Waals surface area contributed by atoms with Crippen LogP contribution in [0.15, 0.2) is 18.2 Å². The molecule has 5 nitrogen and oxygen atoms in total. The summed E-state index contributed by atoms with van der Waals surface area (Å²) >= 11 is 0. The molecule has 20 heavy (non-hydrogen) atoms. The number of likely N-dealkylation sites (N-methyl/N-ethyl adjacent to an activating group) is 1. The second-order valence-corrected chi connectivity index (χ2v) is 4.91. The molecule has 0 aromatic heterocycles. The summed E-state index contributed by atoms with van der Waals surface area (Å²) in [5.41, 5.74) is 0.0573. The van der Waals surface area contributed by atoms with E-state index in [4.69, 9.17) is 9.47 Å². The molecule has 0 unspecified atom stereocenters. The number of methoxy groups -OCH3 is 1. The predicted octanol–water partition coefficient (Wildman–Crippen LogP) is 2.42. The minimum atomic E-state index is -0.624. The maximum atomic E-state index is 12.2. The maximum Gasteiger partial charge on any atom is 0.244 e. The van der Waals surface area contributed by atoms with E-state index >= 15 is 0 Å². The van der Waals surface area contributed by atoms with Gasteiger partial charge in [-0.25, -0.2) is 0 Å².